The highest BCUT2D eigenvalue weighted by molar-refractivity contribution is 6.21. The number of aromatic nitrogens is 4. The number of furan rings is 2. The van der Waals surface area contributed by atoms with Crippen LogP contribution >= 0.6 is 0 Å². The van der Waals surface area contributed by atoms with Gasteiger partial charge in [0.1, 0.15) is 22.4 Å². The minimum Gasteiger partial charge on any atom is -0.455 e. The molecule has 6 heteroatoms. The van der Waals surface area contributed by atoms with Gasteiger partial charge in [0.15, 0.2) is 23.1 Å². The molecule has 0 spiro atoms. The van der Waals surface area contributed by atoms with Gasteiger partial charge in [0.05, 0.1) is 5.52 Å². The fraction of sp³-hybridized carbons (Fsp3) is 0. The van der Waals surface area contributed by atoms with Crippen LogP contribution in [0.2, 0.25) is 0 Å². The van der Waals surface area contributed by atoms with E-state index >= 15 is 0 Å². The number of rotatable bonds is 5. The first-order valence-electron chi connectivity index (χ1n) is 17.9. The zero-order valence-corrected chi connectivity index (χ0v) is 28.8. The summed E-state index contributed by atoms with van der Waals surface area (Å²) in [5.41, 5.74) is 10.7. The summed E-state index contributed by atoms with van der Waals surface area (Å²) in [6.07, 6.45) is 0. The smallest absolute Gasteiger partial charge is 0.164 e. The van der Waals surface area contributed by atoms with Crippen molar-refractivity contribution in [2.24, 2.45) is 0 Å². The second-order valence-electron chi connectivity index (χ2n) is 13.4. The summed E-state index contributed by atoms with van der Waals surface area (Å²) in [6.45, 7) is 0. The Kier molecular flexibility index (Phi) is 6.75. The van der Waals surface area contributed by atoms with Gasteiger partial charge in [-0.05, 0) is 29.8 Å². The van der Waals surface area contributed by atoms with Gasteiger partial charge in [-0.3, -0.25) is 0 Å². The van der Waals surface area contributed by atoms with E-state index in [1.165, 1.54) is 0 Å². The maximum Gasteiger partial charge on any atom is 0.164 e. The molecule has 54 heavy (non-hydrogen) atoms. The van der Waals surface area contributed by atoms with Crippen molar-refractivity contribution in [2.45, 2.75) is 0 Å². The average Bonchev–Trinajstić information content (AvgIpc) is 3.83. The van der Waals surface area contributed by atoms with E-state index in [-0.39, 0.29) is 0 Å². The highest BCUT2D eigenvalue weighted by Gasteiger charge is 2.20. The summed E-state index contributed by atoms with van der Waals surface area (Å²) >= 11 is 0. The van der Waals surface area contributed by atoms with Crippen LogP contribution in [0.5, 0.6) is 0 Å². The van der Waals surface area contributed by atoms with E-state index < -0.39 is 0 Å². The molecule has 0 aliphatic rings. The van der Waals surface area contributed by atoms with Gasteiger partial charge in [-0.25, -0.2) is 19.9 Å². The average molecular weight is 693 g/mol. The van der Waals surface area contributed by atoms with Crippen molar-refractivity contribution in [3.05, 3.63) is 170 Å². The van der Waals surface area contributed by atoms with E-state index in [0.29, 0.717) is 17.5 Å². The Morgan fingerprint density at radius 2 is 0.852 bits per heavy atom. The van der Waals surface area contributed by atoms with Gasteiger partial charge in [-0.2, -0.15) is 0 Å². The second-order valence-corrected chi connectivity index (χ2v) is 13.4. The van der Waals surface area contributed by atoms with Crippen LogP contribution in [-0.4, -0.2) is 19.9 Å². The lowest BCUT2D eigenvalue weighted by Gasteiger charge is -2.10. The molecule has 0 aliphatic carbocycles. The maximum atomic E-state index is 6.63. The normalized spacial score (nSPS) is 11.7. The molecule has 0 bridgehead atoms. The minimum atomic E-state index is 0.599. The highest BCUT2D eigenvalue weighted by atomic mass is 16.3. The molecule has 0 amide bonds. The van der Waals surface area contributed by atoms with Crippen molar-refractivity contribution in [1.29, 1.82) is 0 Å². The van der Waals surface area contributed by atoms with Crippen LogP contribution in [0.25, 0.3) is 111 Å². The summed E-state index contributed by atoms with van der Waals surface area (Å²) < 4.78 is 13.1. The SMILES string of the molecule is c1ccc(-c2nc(-c3ccccc3)nc(-c3ccc(-c4nc5ccc(-c6cccc7c6oc6ccccc67)cc5c5c4oc4ccccc45)cc3)n2)cc1. The van der Waals surface area contributed by atoms with Crippen LogP contribution in [-0.2, 0) is 0 Å². The van der Waals surface area contributed by atoms with Crippen LogP contribution < -0.4 is 0 Å². The first-order chi connectivity index (χ1) is 26.7. The number of fused-ring (bicyclic) bond motifs is 8. The van der Waals surface area contributed by atoms with Crippen LogP contribution in [0.1, 0.15) is 0 Å². The topological polar surface area (TPSA) is 77.8 Å². The molecule has 7 aromatic carbocycles. The largest absolute Gasteiger partial charge is 0.455 e. The molecule has 0 aliphatic heterocycles. The lowest BCUT2D eigenvalue weighted by atomic mass is 9.97. The van der Waals surface area contributed by atoms with Crippen molar-refractivity contribution < 1.29 is 8.83 Å². The molecule has 0 unspecified atom stereocenters. The van der Waals surface area contributed by atoms with Gasteiger partial charge >= 0.3 is 0 Å². The molecule has 4 heterocycles. The van der Waals surface area contributed by atoms with Crippen molar-refractivity contribution in [1.82, 2.24) is 19.9 Å². The number of hydrogen-bond acceptors (Lipinski definition) is 6. The zero-order chi connectivity index (χ0) is 35.6. The summed E-state index contributed by atoms with van der Waals surface area (Å²) in [4.78, 5) is 19.9. The third-order valence-electron chi connectivity index (χ3n) is 10.1. The van der Waals surface area contributed by atoms with Crippen LogP contribution in [0, 0.1) is 0 Å². The molecule has 252 valence electrons. The molecule has 6 nitrogen and oxygen atoms in total. The number of hydrogen-bond donors (Lipinski definition) is 0. The lowest BCUT2D eigenvalue weighted by Crippen LogP contribution is -2.00. The first-order valence-corrected chi connectivity index (χ1v) is 17.9. The Morgan fingerprint density at radius 3 is 1.54 bits per heavy atom. The summed E-state index contributed by atoms with van der Waals surface area (Å²) in [7, 11) is 0. The quantitative estimate of drug-likeness (QED) is 0.179. The van der Waals surface area contributed by atoms with Gasteiger partial charge in [0, 0.05) is 54.7 Å². The van der Waals surface area contributed by atoms with E-state index in [1.54, 1.807) is 0 Å². The van der Waals surface area contributed by atoms with Gasteiger partial charge in [0.25, 0.3) is 0 Å². The Labute approximate surface area is 309 Å². The summed E-state index contributed by atoms with van der Waals surface area (Å²) in [6, 6.07) is 57.4. The molecule has 11 aromatic rings. The van der Waals surface area contributed by atoms with Gasteiger partial charge in [0.2, 0.25) is 0 Å². The Morgan fingerprint density at radius 1 is 0.333 bits per heavy atom. The van der Waals surface area contributed by atoms with E-state index in [0.717, 1.165) is 93.9 Å². The van der Waals surface area contributed by atoms with E-state index in [1.807, 2.05) is 103 Å². The predicted octanol–water partition coefficient (Wildman–Crippen LogP) is 12.6. The fourth-order valence-corrected chi connectivity index (χ4v) is 7.54. The Balaban J connectivity index is 1.06. The first kappa shape index (κ1) is 30.2. The second kappa shape index (κ2) is 12.1. The molecule has 0 saturated carbocycles. The lowest BCUT2D eigenvalue weighted by molar-refractivity contribution is 0.668. The Hall–Kier alpha value is -7.44. The molecule has 0 saturated heterocycles. The van der Waals surface area contributed by atoms with E-state index in [2.05, 4.69) is 66.7 Å². The molecule has 4 aromatic heterocycles. The monoisotopic (exact) mass is 692 g/mol. The molecule has 0 atom stereocenters. The molecule has 0 fully saturated rings. The van der Waals surface area contributed by atoms with Crippen molar-refractivity contribution in [3.8, 4) is 56.5 Å². The number of para-hydroxylation sites is 3. The van der Waals surface area contributed by atoms with Gasteiger partial charge < -0.3 is 8.83 Å². The van der Waals surface area contributed by atoms with Gasteiger partial charge in [-0.1, -0.05) is 146 Å². The molecular formula is C48H28N4O2. The maximum absolute atomic E-state index is 6.63. The summed E-state index contributed by atoms with van der Waals surface area (Å²) in [5.74, 6) is 1.85. The molecule has 0 radical (unpaired) electrons. The van der Waals surface area contributed by atoms with Gasteiger partial charge in [-0.15, -0.1) is 0 Å². The highest BCUT2D eigenvalue weighted by Crippen LogP contribution is 2.42. The molecule has 11 rings (SSSR count). The van der Waals surface area contributed by atoms with Crippen LogP contribution in [0.3, 0.4) is 0 Å². The summed E-state index contributed by atoms with van der Waals surface area (Å²) in [5, 5.41) is 5.31. The van der Waals surface area contributed by atoms with Crippen molar-refractivity contribution in [2.75, 3.05) is 0 Å². The number of pyridine rings is 1. The third kappa shape index (κ3) is 4.89. The number of benzene rings is 7. The van der Waals surface area contributed by atoms with Crippen LogP contribution in [0.15, 0.2) is 179 Å². The van der Waals surface area contributed by atoms with E-state index in [4.69, 9.17) is 28.8 Å². The van der Waals surface area contributed by atoms with Crippen LogP contribution in [0.4, 0.5) is 0 Å². The predicted molar refractivity (Wildman–Crippen MR) is 217 cm³/mol. The Bertz CT molecular complexity index is 3150. The van der Waals surface area contributed by atoms with Crippen molar-refractivity contribution in [3.63, 3.8) is 0 Å². The minimum absolute atomic E-state index is 0.599. The van der Waals surface area contributed by atoms with E-state index in [9.17, 15) is 0 Å². The number of nitrogens with zero attached hydrogens (tertiary/aromatic N) is 4. The molecule has 0 N–H and O–H groups in total. The van der Waals surface area contributed by atoms with Crippen molar-refractivity contribution >= 4 is 54.8 Å². The fourth-order valence-electron chi connectivity index (χ4n) is 7.54. The third-order valence-corrected chi connectivity index (χ3v) is 10.1. The molecular weight excluding hydrogens is 665 g/mol. The zero-order valence-electron chi connectivity index (χ0n) is 28.8. The standard InChI is InChI=1S/C48H28N4O2/c1-3-12-30(13-4-1)46-50-47(31-14-5-2-6-15-31)52-48(51-46)32-24-22-29(23-25-32)43-45-42(37-17-8-10-21-41(37)54-45)38-28-33(26-27-39(38)49-43)34-18-11-19-36-35-16-7-9-20-40(35)53-44(34)36/h1-28H.